The highest BCUT2D eigenvalue weighted by Crippen LogP contribution is 2.29. The maximum Gasteiger partial charge on any atom is 0.337 e. The molecule has 7 nitrogen and oxygen atoms in total. The summed E-state index contributed by atoms with van der Waals surface area (Å²) < 4.78 is 27.1. The van der Waals surface area contributed by atoms with Crippen LogP contribution < -0.4 is 0 Å². The smallest absolute Gasteiger partial charge is 0.337 e. The molecule has 8 heteroatoms. The highest BCUT2D eigenvalue weighted by atomic mass is 32.2. The topological polar surface area (TPSA) is 95.0 Å². The van der Waals surface area contributed by atoms with Crippen molar-refractivity contribution in [3.05, 3.63) is 29.8 Å². The number of carboxylic acid groups (broad SMARTS) is 1. The van der Waals surface area contributed by atoms with Gasteiger partial charge in [0.05, 0.1) is 10.5 Å². The molecule has 0 atom stereocenters. The Labute approximate surface area is 160 Å². The fourth-order valence-corrected chi connectivity index (χ4v) is 5.47. The average Bonchev–Trinajstić information content (AvgIpc) is 2.64. The van der Waals surface area contributed by atoms with Gasteiger partial charge in [0, 0.05) is 32.6 Å². The Morgan fingerprint density at radius 1 is 1.15 bits per heavy atom. The van der Waals surface area contributed by atoms with E-state index in [4.69, 9.17) is 0 Å². The zero-order chi connectivity index (χ0) is 19.6. The third-order valence-electron chi connectivity index (χ3n) is 5.67. The van der Waals surface area contributed by atoms with Gasteiger partial charge < -0.3 is 10.0 Å². The predicted octanol–water partition coefficient (Wildman–Crippen LogP) is 2.04. The summed E-state index contributed by atoms with van der Waals surface area (Å²) in [6.07, 6.45) is 4.51. The van der Waals surface area contributed by atoms with Gasteiger partial charge in [-0.2, -0.15) is 4.31 Å². The first-order chi connectivity index (χ1) is 12.8. The molecule has 0 radical (unpaired) electrons. The normalized spacial score (nSPS) is 19.4. The van der Waals surface area contributed by atoms with Crippen LogP contribution in [-0.4, -0.2) is 61.3 Å². The molecule has 1 heterocycles. The van der Waals surface area contributed by atoms with Gasteiger partial charge in [-0.15, -0.1) is 0 Å². The number of carbonyl (C=O) groups is 2. The number of hydrogen-bond donors (Lipinski definition) is 1. The van der Waals surface area contributed by atoms with E-state index in [-0.39, 0.29) is 35.4 Å². The summed E-state index contributed by atoms with van der Waals surface area (Å²) in [7, 11) is -2.07. The molecule has 1 saturated heterocycles. The van der Waals surface area contributed by atoms with Gasteiger partial charge in [0.2, 0.25) is 15.9 Å². The lowest BCUT2D eigenvalue weighted by Gasteiger charge is -2.35. The molecule has 27 heavy (non-hydrogen) atoms. The predicted molar refractivity (Wildman–Crippen MR) is 99.9 cm³/mol. The van der Waals surface area contributed by atoms with Gasteiger partial charge >= 0.3 is 5.97 Å². The van der Waals surface area contributed by atoms with Crippen molar-refractivity contribution >= 4 is 21.9 Å². The second kappa shape index (κ2) is 7.98. The molecule has 2 aliphatic rings. The Kier molecular flexibility index (Phi) is 5.86. The van der Waals surface area contributed by atoms with E-state index < -0.39 is 16.0 Å². The number of carboxylic acids is 1. The van der Waals surface area contributed by atoms with E-state index in [1.165, 1.54) is 47.8 Å². The average molecular weight is 394 g/mol. The summed E-state index contributed by atoms with van der Waals surface area (Å²) in [4.78, 5) is 25.6. The van der Waals surface area contributed by atoms with Crippen LogP contribution in [0.2, 0.25) is 0 Å². The third-order valence-corrected chi connectivity index (χ3v) is 7.63. The lowest BCUT2D eigenvalue weighted by Crippen LogP contribution is -2.44. The SMILES string of the molecule is CN(CC1CCC1)C(=O)C1CCN(S(=O)(=O)c2ccccc2C(=O)O)CC1. The van der Waals surface area contributed by atoms with Crippen LogP contribution in [0, 0.1) is 11.8 Å². The monoisotopic (exact) mass is 394 g/mol. The quantitative estimate of drug-likeness (QED) is 0.797. The van der Waals surface area contributed by atoms with Crippen LogP contribution in [0.25, 0.3) is 0 Å². The van der Waals surface area contributed by atoms with E-state index in [1.54, 1.807) is 4.90 Å². The van der Waals surface area contributed by atoms with E-state index in [1.807, 2.05) is 7.05 Å². The van der Waals surface area contributed by atoms with E-state index in [2.05, 4.69) is 0 Å². The first-order valence-electron chi connectivity index (χ1n) is 9.38. The van der Waals surface area contributed by atoms with Crippen LogP contribution in [0.4, 0.5) is 0 Å². The Hall–Kier alpha value is -1.93. The van der Waals surface area contributed by atoms with Gasteiger partial charge in [0.15, 0.2) is 0 Å². The first kappa shape index (κ1) is 19.8. The lowest BCUT2D eigenvalue weighted by atomic mass is 9.85. The van der Waals surface area contributed by atoms with Gasteiger partial charge in [0.25, 0.3) is 0 Å². The van der Waals surface area contributed by atoms with E-state index in [9.17, 15) is 23.1 Å². The van der Waals surface area contributed by atoms with Gasteiger partial charge in [-0.3, -0.25) is 4.79 Å². The molecule has 1 amide bonds. The van der Waals surface area contributed by atoms with E-state index in [0.29, 0.717) is 18.8 Å². The van der Waals surface area contributed by atoms with Crippen LogP contribution in [0.15, 0.2) is 29.2 Å². The molecule has 1 N–H and O–H groups in total. The fraction of sp³-hybridized carbons (Fsp3) is 0.579. The van der Waals surface area contributed by atoms with Gasteiger partial charge in [-0.25, -0.2) is 13.2 Å². The summed E-state index contributed by atoms with van der Waals surface area (Å²) in [5, 5.41) is 9.27. The minimum atomic E-state index is -3.89. The molecular weight excluding hydrogens is 368 g/mol. The zero-order valence-corrected chi connectivity index (χ0v) is 16.3. The van der Waals surface area contributed by atoms with Crippen molar-refractivity contribution in [1.29, 1.82) is 0 Å². The van der Waals surface area contributed by atoms with Crippen molar-refractivity contribution in [2.24, 2.45) is 11.8 Å². The van der Waals surface area contributed by atoms with Crippen LogP contribution >= 0.6 is 0 Å². The number of aromatic carboxylic acids is 1. The highest BCUT2D eigenvalue weighted by molar-refractivity contribution is 7.89. The lowest BCUT2D eigenvalue weighted by molar-refractivity contribution is -0.136. The number of nitrogens with zero attached hydrogens (tertiary/aromatic N) is 2. The third kappa shape index (κ3) is 4.16. The molecule has 2 fully saturated rings. The first-order valence-corrected chi connectivity index (χ1v) is 10.8. The molecule has 1 aromatic carbocycles. The van der Waals surface area contributed by atoms with Crippen molar-refractivity contribution in [2.45, 2.75) is 37.0 Å². The maximum atomic E-state index is 12.9. The minimum absolute atomic E-state index is 0.0879. The van der Waals surface area contributed by atoms with Crippen LogP contribution in [0.1, 0.15) is 42.5 Å². The number of benzene rings is 1. The highest BCUT2D eigenvalue weighted by Gasteiger charge is 2.35. The number of carbonyl (C=O) groups excluding carboxylic acids is 1. The summed E-state index contributed by atoms with van der Waals surface area (Å²) in [5.41, 5.74) is -0.226. The minimum Gasteiger partial charge on any atom is -0.478 e. The fourth-order valence-electron chi connectivity index (χ4n) is 3.81. The molecule has 0 aromatic heterocycles. The van der Waals surface area contributed by atoms with Crippen molar-refractivity contribution in [3.63, 3.8) is 0 Å². The summed E-state index contributed by atoms with van der Waals surface area (Å²) >= 11 is 0. The molecule has 1 aliphatic heterocycles. The van der Waals surface area contributed by atoms with E-state index in [0.717, 1.165) is 6.54 Å². The van der Waals surface area contributed by atoms with E-state index >= 15 is 0 Å². The standard InChI is InChI=1S/C19H26N2O5S/c1-20(13-14-5-4-6-14)18(22)15-9-11-21(12-10-15)27(25,26)17-8-3-2-7-16(17)19(23)24/h2-3,7-8,14-15H,4-6,9-13H2,1H3,(H,23,24). The summed E-state index contributed by atoms with van der Waals surface area (Å²) in [6, 6.07) is 5.64. The Morgan fingerprint density at radius 2 is 1.78 bits per heavy atom. The molecule has 0 unspecified atom stereocenters. The van der Waals surface area contributed by atoms with Crippen molar-refractivity contribution < 1.29 is 23.1 Å². The second-order valence-electron chi connectivity index (χ2n) is 7.50. The molecule has 3 rings (SSSR count). The zero-order valence-electron chi connectivity index (χ0n) is 15.5. The van der Waals surface area contributed by atoms with Gasteiger partial charge in [0.1, 0.15) is 0 Å². The number of rotatable bonds is 6. The number of amides is 1. The van der Waals surface area contributed by atoms with Crippen molar-refractivity contribution in [2.75, 3.05) is 26.7 Å². The number of piperidine rings is 1. The maximum absolute atomic E-state index is 12.9. The number of hydrogen-bond acceptors (Lipinski definition) is 4. The second-order valence-corrected chi connectivity index (χ2v) is 9.40. The summed E-state index contributed by atoms with van der Waals surface area (Å²) in [5.74, 6) is -0.745. The van der Waals surface area contributed by atoms with Gasteiger partial charge in [-0.1, -0.05) is 18.6 Å². The molecule has 1 aromatic rings. The van der Waals surface area contributed by atoms with Crippen molar-refractivity contribution in [3.8, 4) is 0 Å². The van der Waals surface area contributed by atoms with Crippen LogP contribution in [-0.2, 0) is 14.8 Å². The molecule has 1 aliphatic carbocycles. The molecule has 0 bridgehead atoms. The molecule has 0 spiro atoms. The van der Waals surface area contributed by atoms with Crippen molar-refractivity contribution in [1.82, 2.24) is 9.21 Å². The van der Waals surface area contributed by atoms with Crippen LogP contribution in [0.5, 0.6) is 0 Å². The summed E-state index contributed by atoms with van der Waals surface area (Å²) in [6.45, 7) is 1.23. The molecule has 1 saturated carbocycles. The Bertz CT molecular complexity index is 811. The molecular formula is C19H26N2O5S. The van der Waals surface area contributed by atoms with Gasteiger partial charge in [-0.05, 0) is 43.7 Å². The largest absolute Gasteiger partial charge is 0.478 e. The molecule has 148 valence electrons. The Balaban J connectivity index is 1.64. The Morgan fingerprint density at radius 3 is 2.33 bits per heavy atom. The van der Waals surface area contributed by atoms with Crippen LogP contribution in [0.3, 0.4) is 0 Å². The number of sulfonamides is 1.